The predicted molar refractivity (Wildman–Crippen MR) is 96.6 cm³/mol. The maximum atomic E-state index is 12.4. The zero-order chi connectivity index (χ0) is 16.7. The van der Waals surface area contributed by atoms with Crippen molar-refractivity contribution in [2.24, 2.45) is 12.0 Å². The third-order valence-corrected chi connectivity index (χ3v) is 5.52. The van der Waals surface area contributed by atoms with Crippen LogP contribution in [0.4, 0.5) is 0 Å². The van der Waals surface area contributed by atoms with Gasteiger partial charge in [0.1, 0.15) is 0 Å². The lowest BCUT2D eigenvalue weighted by molar-refractivity contribution is 0.0998. The Bertz CT molecular complexity index is 1000. The van der Waals surface area contributed by atoms with E-state index in [1.807, 2.05) is 11.6 Å². The van der Waals surface area contributed by atoms with E-state index in [1.54, 1.807) is 18.2 Å². The highest BCUT2D eigenvalue weighted by Crippen LogP contribution is 2.25. The minimum absolute atomic E-state index is 0.308. The molecule has 0 saturated heterocycles. The number of hydrogen-bond donors (Lipinski definition) is 0. The summed E-state index contributed by atoms with van der Waals surface area (Å²) in [5.41, 5.74) is 3.78. The number of fused-ring (bicyclic) bond motifs is 1. The van der Waals surface area contributed by atoms with E-state index in [1.165, 1.54) is 16.9 Å². The van der Waals surface area contributed by atoms with Gasteiger partial charge in [0.25, 0.3) is 5.91 Å². The fourth-order valence-corrected chi connectivity index (χ4v) is 4.13. The Hall–Kier alpha value is -1.62. The van der Waals surface area contributed by atoms with E-state index < -0.39 is 0 Å². The summed E-state index contributed by atoms with van der Waals surface area (Å²) in [5.74, 6) is -0.371. The van der Waals surface area contributed by atoms with Crippen molar-refractivity contribution >= 4 is 50.7 Å². The lowest BCUT2D eigenvalue weighted by Crippen LogP contribution is -2.13. The number of halogens is 2. The summed E-state index contributed by atoms with van der Waals surface area (Å²) in [6.45, 7) is 4.11. The quantitative estimate of drug-likeness (QED) is 0.604. The summed E-state index contributed by atoms with van der Waals surface area (Å²) in [6.07, 6.45) is 0. The number of benzene rings is 2. The van der Waals surface area contributed by atoms with Crippen molar-refractivity contribution in [1.29, 1.82) is 0 Å². The molecule has 0 fully saturated rings. The number of hydrogen-bond acceptors (Lipinski definition) is 2. The molecular weight excluding hydrogens is 351 g/mol. The smallest absolute Gasteiger partial charge is 0.281 e. The van der Waals surface area contributed by atoms with Crippen LogP contribution in [0.2, 0.25) is 10.0 Å². The van der Waals surface area contributed by atoms with Gasteiger partial charge in [-0.05, 0) is 43.2 Å². The lowest BCUT2D eigenvalue weighted by Gasteiger charge is -2.02. The number of carbonyl (C=O) groups is 1. The summed E-state index contributed by atoms with van der Waals surface area (Å²) < 4.78 is 3.09. The molecule has 1 heterocycles. The van der Waals surface area contributed by atoms with E-state index in [9.17, 15) is 4.79 Å². The van der Waals surface area contributed by atoms with Crippen molar-refractivity contribution in [1.82, 2.24) is 4.57 Å². The molecule has 0 aliphatic carbocycles. The van der Waals surface area contributed by atoms with Crippen LogP contribution in [-0.4, -0.2) is 10.5 Å². The molecule has 3 nitrogen and oxygen atoms in total. The van der Waals surface area contributed by atoms with Gasteiger partial charge < -0.3 is 4.57 Å². The summed E-state index contributed by atoms with van der Waals surface area (Å²) in [5, 5.41) is 0.799. The molecule has 0 saturated carbocycles. The summed E-state index contributed by atoms with van der Waals surface area (Å²) in [7, 11) is 1.92. The van der Waals surface area contributed by atoms with Crippen LogP contribution in [0.1, 0.15) is 21.5 Å². The van der Waals surface area contributed by atoms with Gasteiger partial charge in [-0.1, -0.05) is 46.7 Å². The summed E-state index contributed by atoms with van der Waals surface area (Å²) in [6, 6.07) is 8.93. The van der Waals surface area contributed by atoms with Crippen LogP contribution in [-0.2, 0) is 7.05 Å². The van der Waals surface area contributed by atoms with Crippen LogP contribution in [0.15, 0.2) is 35.3 Å². The van der Waals surface area contributed by atoms with Crippen molar-refractivity contribution < 1.29 is 4.79 Å². The normalized spacial score (nSPS) is 12.1. The maximum Gasteiger partial charge on any atom is 0.281 e. The topological polar surface area (TPSA) is 34.4 Å². The Labute approximate surface area is 147 Å². The van der Waals surface area contributed by atoms with Crippen molar-refractivity contribution in [3.63, 3.8) is 0 Å². The van der Waals surface area contributed by atoms with Crippen molar-refractivity contribution in [2.75, 3.05) is 0 Å². The van der Waals surface area contributed by atoms with Crippen molar-refractivity contribution in [2.45, 2.75) is 13.8 Å². The van der Waals surface area contributed by atoms with Gasteiger partial charge >= 0.3 is 0 Å². The van der Waals surface area contributed by atoms with Gasteiger partial charge in [0.05, 0.1) is 20.8 Å². The van der Waals surface area contributed by atoms with E-state index in [2.05, 4.69) is 31.0 Å². The first-order valence-corrected chi connectivity index (χ1v) is 8.55. The molecule has 23 heavy (non-hydrogen) atoms. The molecule has 0 radical (unpaired) electrons. The molecule has 0 atom stereocenters. The lowest BCUT2D eigenvalue weighted by atomic mass is 10.1. The van der Waals surface area contributed by atoms with Crippen LogP contribution in [0.5, 0.6) is 0 Å². The van der Waals surface area contributed by atoms with Gasteiger partial charge in [0.2, 0.25) is 0 Å². The summed E-state index contributed by atoms with van der Waals surface area (Å²) in [4.78, 5) is 17.3. The Morgan fingerprint density at radius 2 is 1.83 bits per heavy atom. The standard InChI is InChI=1S/C17H14Cl2N2OS/c1-9-4-5-10(2)15-14(9)21(3)17(23-15)20-16(22)12-7-6-11(18)8-13(12)19/h4-8H,1-3H3. The molecule has 0 bridgehead atoms. The van der Waals surface area contributed by atoms with Crippen LogP contribution in [0.25, 0.3) is 10.2 Å². The third-order valence-electron chi connectivity index (χ3n) is 3.70. The zero-order valence-corrected chi connectivity index (χ0v) is 15.2. The SMILES string of the molecule is Cc1ccc(C)c2c1sc(=NC(=O)c1ccc(Cl)cc1Cl)n2C. The van der Waals surface area contributed by atoms with Crippen LogP contribution >= 0.6 is 34.5 Å². The van der Waals surface area contributed by atoms with Crippen LogP contribution in [0.3, 0.4) is 0 Å². The van der Waals surface area contributed by atoms with Gasteiger partial charge in [-0.3, -0.25) is 4.79 Å². The van der Waals surface area contributed by atoms with E-state index in [-0.39, 0.29) is 5.91 Å². The number of aryl methyl sites for hydroxylation is 3. The first-order chi connectivity index (χ1) is 10.9. The Morgan fingerprint density at radius 1 is 1.13 bits per heavy atom. The molecule has 0 aliphatic rings. The number of aromatic nitrogens is 1. The van der Waals surface area contributed by atoms with E-state index in [0.29, 0.717) is 20.4 Å². The maximum absolute atomic E-state index is 12.4. The highest BCUT2D eigenvalue weighted by atomic mass is 35.5. The number of amides is 1. The average molecular weight is 365 g/mol. The largest absolute Gasteiger partial charge is 0.319 e. The molecule has 6 heteroatoms. The monoisotopic (exact) mass is 364 g/mol. The molecular formula is C17H14Cl2N2OS. The minimum atomic E-state index is -0.371. The highest BCUT2D eigenvalue weighted by Gasteiger charge is 2.12. The number of nitrogens with zero attached hydrogens (tertiary/aromatic N) is 2. The second-order valence-corrected chi connectivity index (χ2v) is 7.18. The van der Waals surface area contributed by atoms with E-state index in [4.69, 9.17) is 23.2 Å². The average Bonchev–Trinajstić information content (AvgIpc) is 2.81. The van der Waals surface area contributed by atoms with Gasteiger partial charge in [-0.25, -0.2) is 0 Å². The number of thiazole rings is 1. The van der Waals surface area contributed by atoms with E-state index >= 15 is 0 Å². The first kappa shape index (κ1) is 16.2. The van der Waals surface area contributed by atoms with Gasteiger partial charge in [-0.15, -0.1) is 0 Å². The highest BCUT2D eigenvalue weighted by molar-refractivity contribution is 7.16. The van der Waals surface area contributed by atoms with Gasteiger partial charge in [0, 0.05) is 12.1 Å². The molecule has 1 aromatic heterocycles. The molecule has 3 rings (SSSR count). The third kappa shape index (κ3) is 2.94. The van der Waals surface area contributed by atoms with E-state index in [0.717, 1.165) is 15.8 Å². The first-order valence-electron chi connectivity index (χ1n) is 6.98. The summed E-state index contributed by atoms with van der Waals surface area (Å²) >= 11 is 13.5. The number of rotatable bonds is 1. The second-order valence-electron chi connectivity index (χ2n) is 5.36. The van der Waals surface area contributed by atoms with Crippen LogP contribution in [0, 0.1) is 13.8 Å². The Morgan fingerprint density at radius 3 is 2.48 bits per heavy atom. The van der Waals surface area contributed by atoms with Gasteiger partial charge in [-0.2, -0.15) is 4.99 Å². The predicted octanol–water partition coefficient (Wildman–Crippen LogP) is 4.90. The van der Waals surface area contributed by atoms with Gasteiger partial charge in [0.15, 0.2) is 4.80 Å². The van der Waals surface area contributed by atoms with Crippen molar-refractivity contribution in [3.8, 4) is 0 Å². The van der Waals surface area contributed by atoms with Crippen LogP contribution < -0.4 is 4.80 Å². The fourth-order valence-electron chi connectivity index (χ4n) is 2.48. The molecule has 0 spiro atoms. The minimum Gasteiger partial charge on any atom is -0.319 e. The fraction of sp³-hybridized carbons (Fsp3) is 0.176. The zero-order valence-electron chi connectivity index (χ0n) is 12.9. The number of carbonyl (C=O) groups excluding carboxylic acids is 1. The molecule has 118 valence electrons. The Balaban J connectivity index is 2.18. The molecule has 0 unspecified atom stereocenters. The molecule has 2 aromatic carbocycles. The molecule has 0 aliphatic heterocycles. The van der Waals surface area contributed by atoms with Crippen molar-refractivity contribution in [3.05, 3.63) is 61.9 Å². The Kier molecular flexibility index (Phi) is 4.32. The molecule has 3 aromatic rings. The second kappa shape index (κ2) is 6.11. The molecule has 1 amide bonds. The molecule has 0 N–H and O–H groups in total.